The number of rotatable bonds is 3. The summed E-state index contributed by atoms with van der Waals surface area (Å²) in [5.41, 5.74) is 1.65. The molecule has 0 atom stereocenters. The van der Waals surface area contributed by atoms with Crippen LogP contribution in [0.1, 0.15) is 12.8 Å². The molecule has 0 radical (unpaired) electrons. The molecule has 32 heavy (non-hydrogen) atoms. The van der Waals surface area contributed by atoms with E-state index < -0.39 is 17.5 Å². The monoisotopic (exact) mass is 436 g/mol. The summed E-state index contributed by atoms with van der Waals surface area (Å²) in [4.78, 5) is 33.9. The second kappa shape index (κ2) is 8.04. The van der Waals surface area contributed by atoms with E-state index in [1.54, 1.807) is 24.3 Å². The summed E-state index contributed by atoms with van der Waals surface area (Å²) in [7, 11) is 2.04. The van der Waals surface area contributed by atoms with Gasteiger partial charge in [0.15, 0.2) is 0 Å². The van der Waals surface area contributed by atoms with E-state index in [-0.39, 0.29) is 22.8 Å². The Balaban J connectivity index is 1.40. The number of amides is 1. The zero-order valence-corrected chi connectivity index (χ0v) is 17.3. The standard InChI is InChI=1S/C22H21FN6O3/c1-29-9-7-13(8-10-29)32-22(31)26-21-24-16-6-5-12(11-17(16)25-21)19-18-14(20(30)28-27-19)3-2-4-15(18)23/h2-6,11,13H,7-10H2,1H3,(H,28,30)(H2,24,25,26,31). The first-order valence-corrected chi connectivity index (χ1v) is 10.3. The molecule has 1 amide bonds. The van der Waals surface area contributed by atoms with Crippen molar-refractivity contribution in [3.63, 3.8) is 0 Å². The number of ether oxygens (including phenoxy) is 1. The van der Waals surface area contributed by atoms with E-state index in [4.69, 9.17) is 4.74 Å². The number of hydrogen-bond acceptors (Lipinski definition) is 6. The highest BCUT2D eigenvalue weighted by Crippen LogP contribution is 2.29. The minimum absolute atomic E-state index is 0.114. The van der Waals surface area contributed by atoms with Crippen LogP contribution in [0.15, 0.2) is 41.2 Å². The highest BCUT2D eigenvalue weighted by atomic mass is 19.1. The number of nitrogens with one attached hydrogen (secondary N) is 3. The van der Waals surface area contributed by atoms with Crippen molar-refractivity contribution in [2.75, 3.05) is 25.5 Å². The lowest BCUT2D eigenvalue weighted by Crippen LogP contribution is -2.36. The molecule has 0 spiro atoms. The zero-order valence-electron chi connectivity index (χ0n) is 17.3. The SMILES string of the molecule is CN1CCC(OC(=O)Nc2nc3cc(-c4n[nH]c(=O)c5cccc(F)c45)ccc3[nH]2)CC1. The van der Waals surface area contributed by atoms with Gasteiger partial charge in [0.25, 0.3) is 5.56 Å². The molecule has 2 aromatic carbocycles. The number of H-pyrrole nitrogens is 2. The van der Waals surface area contributed by atoms with E-state index in [1.165, 1.54) is 12.1 Å². The smallest absolute Gasteiger partial charge is 0.414 e. The minimum Gasteiger partial charge on any atom is -0.446 e. The van der Waals surface area contributed by atoms with Crippen molar-refractivity contribution in [3.05, 3.63) is 52.6 Å². The van der Waals surface area contributed by atoms with Gasteiger partial charge >= 0.3 is 6.09 Å². The van der Waals surface area contributed by atoms with E-state index in [0.717, 1.165) is 25.9 Å². The van der Waals surface area contributed by atoms with Gasteiger partial charge < -0.3 is 14.6 Å². The fraction of sp³-hybridized carbons (Fsp3) is 0.273. The average Bonchev–Trinajstić information content (AvgIpc) is 3.17. The van der Waals surface area contributed by atoms with E-state index >= 15 is 0 Å². The number of carbonyl (C=O) groups excluding carboxylic acids is 1. The summed E-state index contributed by atoms with van der Waals surface area (Å²) in [5.74, 6) is -0.280. The van der Waals surface area contributed by atoms with Gasteiger partial charge in [-0.2, -0.15) is 5.10 Å². The number of nitrogens with zero attached hydrogens (tertiary/aromatic N) is 3. The Morgan fingerprint density at radius 3 is 2.88 bits per heavy atom. The molecule has 2 aromatic heterocycles. The van der Waals surface area contributed by atoms with Crippen LogP contribution in [0.2, 0.25) is 0 Å². The number of aromatic amines is 2. The molecule has 1 aliphatic rings. The predicted octanol–water partition coefficient (Wildman–Crippen LogP) is 3.25. The summed E-state index contributed by atoms with van der Waals surface area (Å²) < 4.78 is 20.0. The maximum Gasteiger partial charge on any atom is 0.414 e. The van der Waals surface area contributed by atoms with Crippen molar-refractivity contribution < 1.29 is 13.9 Å². The summed E-state index contributed by atoms with van der Waals surface area (Å²) in [6.07, 6.45) is 0.916. The molecule has 4 aromatic rings. The molecule has 5 rings (SSSR count). The second-order valence-corrected chi connectivity index (χ2v) is 7.91. The van der Waals surface area contributed by atoms with Gasteiger partial charge in [0.05, 0.1) is 21.8 Å². The van der Waals surface area contributed by atoms with Gasteiger partial charge in [-0.05, 0) is 44.2 Å². The van der Waals surface area contributed by atoms with Gasteiger partial charge in [0.2, 0.25) is 5.95 Å². The number of carbonyl (C=O) groups is 1. The first kappa shape index (κ1) is 20.1. The molecule has 0 saturated carbocycles. The Hall–Kier alpha value is -3.79. The fourth-order valence-electron chi connectivity index (χ4n) is 3.98. The number of likely N-dealkylation sites (tertiary alicyclic amines) is 1. The molecular weight excluding hydrogens is 415 g/mol. The second-order valence-electron chi connectivity index (χ2n) is 7.91. The van der Waals surface area contributed by atoms with Crippen LogP contribution in [0.4, 0.5) is 15.1 Å². The van der Waals surface area contributed by atoms with Crippen molar-refractivity contribution in [3.8, 4) is 11.3 Å². The third-order valence-electron chi connectivity index (χ3n) is 5.68. The van der Waals surface area contributed by atoms with Gasteiger partial charge in [-0.3, -0.25) is 10.1 Å². The summed E-state index contributed by atoms with van der Waals surface area (Å²) in [5, 5.41) is 9.47. The van der Waals surface area contributed by atoms with Gasteiger partial charge in [0, 0.05) is 18.7 Å². The first-order chi connectivity index (χ1) is 15.5. The molecule has 0 bridgehead atoms. The third-order valence-corrected chi connectivity index (χ3v) is 5.68. The van der Waals surface area contributed by atoms with Crippen LogP contribution >= 0.6 is 0 Å². The maximum atomic E-state index is 14.5. The number of anilines is 1. The lowest BCUT2D eigenvalue weighted by atomic mass is 10.0. The van der Waals surface area contributed by atoms with E-state index in [2.05, 4.69) is 30.4 Å². The number of benzene rings is 2. The van der Waals surface area contributed by atoms with Crippen LogP contribution in [-0.2, 0) is 4.74 Å². The average molecular weight is 436 g/mol. The van der Waals surface area contributed by atoms with Crippen LogP contribution in [0.5, 0.6) is 0 Å². The third kappa shape index (κ3) is 3.80. The van der Waals surface area contributed by atoms with Gasteiger partial charge in [-0.15, -0.1) is 0 Å². The topological polar surface area (TPSA) is 116 Å². The lowest BCUT2D eigenvalue weighted by molar-refractivity contribution is 0.0661. The van der Waals surface area contributed by atoms with Crippen LogP contribution in [0.25, 0.3) is 33.1 Å². The van der Waals surface area contributed by atoms with E-state index in [0.29, 0.717) is 22.3 Å². The molecule has 0 aliphatic carbocycles. The molecule has 0 unspecified atom stereocenters. The Labute approximate surface area is 181 Å². The Kier molecular flexibility index (Phi) is 5.06. The number of halogens is 1. The van der Waals surface area contributed by atoms with Crippen LogP contribution < -0.4 is 10.9 Å². The molecule has 10 heteroatoms. The largest absolute Gasteiger partial charge is 0.446 e. The number of aromatic nitrogens is 4. The predicted molar refractivity (Wildman–Crippen MR) is 118 cm³/mol. The quantitative estimate of drug-likeness (QED) is 0.454. The first-order valence-electron chi connectivity index (χ1n) is 10.3. The van der Waals surface area contributed by atoms with E-state index in [1.807, 2.05) is 7.05 Å². The molecule has 1 aliphatic heterocycles. The minimum atomic E-state index is -0.561. The molecule has 164 valence electrons. The maximum absolute atomic E-state index is 14.5. The highest BCUT2D eigenvalue weighted by molar-refractivity contribution is 5.96. The lowest BCUT2D eigenvalue weighted by Gasteiger charge is -2.28. The van der Waals surface area contributed by atoms with Gasteiger partial charge in [-0.1, -0.05) is 12.1 Å². The van der Waals surface area contributed by atoms with Crippen LogP contribution in [0, 0.1) is 5.82 Å². The molecular formula is C22H21FN6O3. The summed E-state index contributed by atoms with van der Waals surface area (Å²) >= 11 is 0. The number of piperidine rings is 1. The van der Waals surface area contributed by atoms with Gasteiger partial charge in [0.1, 0.15) is 17.6 Å². The Morgan fingerprint density at radius 1 is 1.25 bits per heavy atom. The van der Waals surface area contributed by atoms with Crippen molar-refractivity contribution >= 4 is 33.8 Å². The zero-order chi connectivity index (χ0) is 22.2. The Morgan fingerprint density at radius 2 is 2.06 bits per heavy atom. The normalized spacial score (nSPS) is 15.3. The number of fused-ring (bicyclic) bond motifs is 2. The Bertz CT molecular complexity index is 1370. The van der Waals surface area contributed by atoms with Crippen molar-refractivity contribution in [1.82, 2.24) is 25.1 Å². The highest BCUT2D eigenvalue weighted by Gasteiger charge is 2.21. The van der Waals surface area contributed by atoms with Crippen molar-refractivity contribution in [1.29, 1.82) is 0 Å². The number of hydrogen-bond donors (Lipinski definition) is 3. The van der Waals surface area contributed by atoms with Crippen molar-refractivity contribution in [2.45, 2.75) is 18.9 Å². The summed E-state index contributed by atoms with van der Waals surface area (Å²) in [6, 6.07) is 9.53. The van der Waals surface area contributed by atoms with E-state index in [9.17, 15) is 14.0 Å². The van der Waals surface area contributed by atoms with Crippen LogP contribution in [0.3, 0.4) is 0 Å². The van der Waals surface area contributed by atoms with Crippen LogP contribution in [-0.4, -0.2) is 57.4 Å². The number of imidazole rings is 1. The summed E-state index contributed by atoms with van der Waals surface area (Å²) in [6.45, 7) is 1.78. The fourth-order valence-corrected chi connectivity index (χ4v) is 3.98. The molecule has 1 saturated heterocycles. The molecule has 1 fully saturated rings. The molecule has 3 N–H and O–H groups in total. The molecule has 9 nitrogen and oxygen atoms in total. The molecule has 3 heterocycles. The van der Waals surface area contributed by atoms with Crippen molar-refractivity contribution in [2.24, 2.45) is 0 Å². The van der Waals surface area contributed by atoms with Gasteiger partial charge in [-0.25, -0.2) is 19.3 Å².